The van der Waals surface area contributed by atoms with Crippen LogP contribution in [0.1, 0.15) is 15.9 Å². The molecule has 0 radical (unpaired) electrons. The number of nitro benzene ring substituents is 2. The molecular weight excluding hydrogens is 328 g/mol. The van der Waals surface area contributed by atoms with Gasteiger partial charge in [0, 0.05) is 30.0 Å². The van der Waals surface area contributed by atoms with Crippen LogP contribution >= 0.6 is 0 Å². The summed E-state index contributed by atoms with van der Waals surface area (Å²) in [4.78, 5) is 32.1. The Labute approximate surface area is 141 Å². The normalized spacial score (nSPS) is 10.9. The van der Waals surface area contributed by atoms with E-state index in [4.69, 9.17) is 0 Å². The fraction of sp³-hybridized carbons (Fsp3) is 0. The first-order chi connectivity index (χ1) is 12.0. The molecule has 0 spiro atoms. The van der Waals surface area contributed by atoms with Crippen molar-refractivity contribution >= 4 is 29.6 Å². The number of benzene rings is 2. The minimum Gasteiger partial charge on any atom is -0.267 e. The maximum absolute atomic E-state index is 11.8. The number of carbonyl (C=O) groups is 1. The van der Waals surface area contributed by atoms with E-state index in [9.17, 15) is 25.0 Å². The molecule has 9 heteroatoms. The molecule has 2 aromatic rings. The summed E-state index contributed by atoms with van der Waals surface area (Å²) in [5.74, 6) is -0.537. The molecule has 0 atom stereocenters. The number of rotatable bonds is 6. The van der Waals surface area contributed by atoms with Crippen LogP contribution in [0.3, 0.4) is 0 Å². The molecule has 0 saturated carbocycles. The fourth-order valence-corrected chi connectivity index (χ4v) is 1.88. The van der Waals surface area contributed by atoms with E-state index in [1.807, 2.05) is 0 Å². The van der Waals surface area contributed by atoms with E-state index in [-0.39, 0.29) is 16.9 Å². The number of nitro groups is 2. The Morgan fingerprint density at radius 2 is 1.68 bits per heavy atom. The Hall–Kier alpha value is -3.88. The van der Waals surface area contributed by atoms with Crippen molar-refractivity contribution < 1.29 is 14.6 Å². The third-order valence-corrected chi connectivity index (χ3v) is 3.08. The summed E-state index contributed by atoms with van der Waals surface area (Å²) in [6, 6.07) is 11.2. The Morgan fingerprint density at radius 3 is 2.32 bits per heavy atom. The smallest absolute Gasteiger partial charge is 0.267 e. The maximum atomic E-state index is 11.8. The lowest BCUT2D eigenvalue weighted by atomic mass is 10.1. The van der Waals surface area contributed by atoms with Gasteiger partial charge >= 0.3 is 0 Å². The topological polar surface area (TPSA) is 128 Å². The van der Waals surface area contributed by atoms with Gasteiger partial charge in [-0.05, 0) is 30.4 Å². The van der Waals surface area contributed by atoms with Crippen molar-refractivity contribution in [2.24, 2.45) is 5.10 Å². The lowest BCUT2D eigenvalue weighted by Crippen LogP contribution is -2.17. The van der Waals surface area contributed by atoms with Crippen molar-refractivity contribution in [3.05, 3.63) is 86.0 Å². The van der Waals surface area contributed by atoms with Gasteiger partial charge in [0.1, 0.15) is 0 Å². The van der Waals surface area contributed by atoms with E-state index in [0.29, 0.717) is 5.56 Å². The van der Waals surface area contributed by atoms with Gasteiger partial charge in [-0.3, -0.25) is 25.0 Å². The summed E-state index contributed by atoms with van der Waals surface area (Å²) in [5, 5.41) is 25.1. The molecule has 0 aliphatic carbocycles. The van der Waals surface area contributed by atoms with Gasteiger partial charge in [-0.1, -0.05) is 12.1 Å². The fourth-order valence-electron chi connectivity index (χ4n) is 1.88. The zero-order valence-electron chi connectivity index (χ0n) is 12.7. The van der Waals surface area contributed by atoms with E-state index >= 15 is 0 Å². The number of carbonyl (C=O) groups excluding carboxylic acids is 1. The van der Waals surface area contributed by atoms with E-state index in [1.165, 1.54) is 48.7 Å². The first-order valence-corrected chi connectivity index (χ1v) is 6.97. The molecule has 0 bridgehead atoms. The third kappa shape index (κ3) is 4.79. The lowest BCUT2D eigenvalue weighted by molar-refractivity contribution is -0.385. The minimum atomic E-state index is -0.562. The third-order valence-electron chi connectivity index (χ3n) is 3.08. The summed E-state index contributed by atoms with van der Waals surface area (Å²) in [6.45, 7) is 0. The van der Waals surface area contributed by atoms with Crippen molar-refractivity contribution in [3.63, 3.8) is 0 Å². The summed E-state index contributed by atoms with van der Waals surface area (Å²) < 4.78 is 0. The number of hydrazone groups is 1. The highest BCUT2D eigenvalue weighted by molar-refractivity contribution is 5.94. The molecule has 0 saturated heterocycles. The molecule has 1 amide bonds. The van der Waals surface area contributed by atoms with Crippen molar-refractivity contribution in [1.29, 1.82) is 0 Å². The maximum Gasteiger partial charge on any atom is 0.276 e. The lowest BCUT2D eigenvalue weighted by Gasteiger charge is -1.98. The molecule has 0 fully saturated rings. The number of hydrogen-bond acceptors (Lipinski definition) is 6. The van der Waals surface area contributed by atoms with Gasteiger partial charge in [0.05, 0.1) is 15.4 Å². The highest BCUT2D eigenvalue weighted by Crippen LogP contribution is 2.18. The Balaban J connectivity index is 1.96. The second-order valence-corrected chi connectivity index (χ2v) is 4.70. The predicted molar refractivity (Wildman–Crippen MR) is 91.2 cm³/mol. The largest absolute Gasteiger partial charge is 0.276 e. The first-order valence-electron chi connectivity index (χ1n) is 6.97. The second kappa shape index (κ2) is 8.11. The van der Waals surface area contributed by atoms with Gasteiger partial charge in [-0.25, -0.2) is 5.43 Å². The number of hydrogen-bond donors (Lipinski definition) is 1. The van der Waals surface area contributed by atoms with Gasteiger partial charge in [-0.2, -0.15) is 5.10 Å². The van der Waals surface area contributed by atoms with Crippen LogP contribution in [0.15, 0.2) is 59.7 Å². The van der Waals surface area contributed by atoms with Crippen LogP contribution in [-0.2, 0) is 0 Å². The number of nitrogens with zero attached hydrogens (tertiary/aromatic N) is 3. The van der Waals surface area contributed by atoms with Crippen LogP contribution in [0, 0.1) is 20.2 Å². The van der Waals surface area contributed by atoms with E-state index in [2.05, 4.69) is 10.5 Å². The van der Waals surface area contributed by atoms with Crippen LogP contribution in [0.4, 0.5) is 11.4 Å². The Morgan fingerprint density at radius 1 is 1.00 bits per heavy atom. The van der Waals surface area contributed by atoms with E-state index in [1.54, 1.807) is 18.2 Å². The Bertz CT molecular complexity index is 859. The zero-order chi connectivity index (χ0) is 18.2. The second-order valence-electron chi connectivity index (χ2n) is 4.70. The van der Waals surface area contributed by atoms with Gasteiger partial charge in [0.15, 0.2) is 0 Å². The van der Waals surface area contributed by atoms with Crippen molar-refractivity contribution in [2.45, 2.75) is 0 Å². The number of non-ortho nitro benzene ring substituents is 1. The van der Waals surface area contributed by atoms with E-state index < -0.39 is 15.8 Å². The quantitative estimate of drug-likeness (QED) is 0.491. The van der Waals surface area contributed by atoms with Crippen LogP contribution < -0.4 is 5.43 Å². The van der Waals surface area contributed by atoms with Crippen LogP contribution in [0.2, 0.25) is 0 Å². The number of amides is 1. The summed E-state index contributed by atoms with van der Waals surface area (Å²) in [5.41, 5.74) is 2.71. The van der Waals surface area contributed by atoms with Crippen LogP contribution in [-0.4, -0.2) is 22.0 Å². The molecule has 0 unspecified atom stereocenters. The van der Waals surface area contributed by atoms with Crippen molar-refractivity contribution in [2.75, 3.05) is 0 Å². The van der Waals surface area contributed by atoms with Crippen LogP contribution in [0.5, 0.6) is 0 Å². The molecule has 0 aliphatic heterocycles. The number of allylic oxidation sites excluding steroid dienone is 1. The molecule has 126 valence electrons. The van der Waals surface area contributed by atoms with Gasteiger partial charge in [0.25, 0.3) is 17.3 Å². The number of nitrogens with one attached hydrogen (secondary N) is 1. The molecule has 0 aliphatic rings. The highest BCUT2D eigenvalue weighted by Gasteiger charge is 2.09. The van der Waals surface area contributed by atoms with Gasteiger partial charge in [0.2, 0.25) is 0 Å². The molecule has 25 heavy (non-hydrogen) atoms. The summed E-state index contributed by atoms with van der Waals surface area (Å²) >= 11 is 0. The standard InChI is InChI=1S/C16H12N4O5/c21-16(13-7-9-14(10-8-13)19(22)23)18-17-11-3-5-12-4-1-2-6-15(12)20(24)25/h1-11H,(H,18,21)/b5-3+,17-11+. The van der Waals surface area contributed by atoms with Crippen molar-refractivity contribution in [1.82, 2.24) is 5.43 Å². The molecule has 2 rings (SSSR count). The average molecular weight is 340 g/mol. The monoisotopic (exact) mass is 340 g/mol. The van der Waals surface area contributed by atoms with Gasteiger partial charge < -0.3 is 0 Å². The van der Waals surface area contributed by atoms with E-state index in [0.717, 1.165) is 0 Å². The van der Waals surface area contributed by atoms with Gasteiger partial charge in [-0.15, -0.1) is 0 Å². The Kier molecular flexibility index (Phi) is 5.67. The highest BCUT2D eigenvalue weighted by atomic mass is 16.6. The predicted octanol–water partition coefficient (Wildman–Crippen LogP) is 2.93. The van der Waals surface area contributed by atoms with Crippen molar-refractivity contribution in [3.8, 4) is 0 Å². The minimum absolute atomic E-state index is 0.0398. The zero-order valence-corrected chi connectivity index (χ0v) is 12.7. The summed E-state index contributed by atoms with van der Waals surface area (Å²) in [6.07, 6.45) is 4.19. The van der Waals surface area contributed by atoms with Crippen LogP contribution in [0.25, 0.3) is 6.08 Å². The first kappa shape index (κ1) is 17.5. The molecule has 1 N–H and O–H groups in total. The average Bonchev–Trinajstić information content (AvgIpc) is 2.61. The SMILES string of the molecule is O=C(N/N=C/C=C/c1ccccc1[N+](=O)[O-])c1ccc([N+](=O)[O-])cc1. The molecule has 0 aromatic heterocycles. The number of para-hydroxylation sites is 1. The summed E-state index contributed by atoms with van der Waals surface area (Å²) in [7, 11) is 0. The molecular formula is C16H12N4O5. The molecule has 2 aromatic carbocycles. The molecule has 0 heterocycles. The molecule has 9 nitrogen and oxygen atoms in total.